The van der Waals surface area contributed by atoms with Crippen LogP contribution in [0.15, 0.2) is 67.1 Å². The van der Waals surface area contributed by atoms with Crippen LogP contribution in [0.1, 0.15) is 5.56 Å². The van der Waals surface area contributed by atoms with E-state index in [0.29, 0.717) is 35.1 Å². The van der Waals surface area contributed by atoms with Crippen LogP contribution in [0.3, 0.4) is 0 Å². The second-order valence-electron chi connectivity index (χ2n) is 6.50. The fraction of sp³-hybridized carbons (Fsp3) is 0.136. The maximum atomic E-state index is 14.4. The Kier molecular flexibility index (Phi) is 5.20. The highest BCUT2D eigenvalue weighted by molar-refractivity contribution is 5.78. The molecule has 0 spiro atoms. The Hall–Kier alpha value is -3.74. The van der Waals surface area contributed by atoms with Gasteiger partial charge in [-0.1, -0.05) is 30.3 Å². The van der Waals surface area contributed by atoms with Crippen molar-refractivity contribution < 1.29 is 9.13 Å². The van der Waals surface area contributed by atoms with Gasteiger partial charge in [0, 0.05) is 43.3 Å². The highest BCUT2D eigenvalue weighted by Crippen LogP contribution is 2.31. The van der Waals surface area contributed by atoms with Crippen LogP contribution in [-0.4, -0.2) is 26.6 Å². The summed E-state index contributed by atoms with van der Waals surface area (Å²) in [6.45, 7) is 0.524. The molecule has 0 atom stereocenters. The predicted octanol–water partition coefficient (Wildman–Crippen LogP) is 4.30. The number of ether oxygens (including phenoxy) is 1. The molecule has 146 valence electrons. The van der Waals surface area contributed by atoms with E-state index < -0.39 is 0 Å². The third-order valence-electron chi connectivity index (χ3n) is 4.57. The molecule has 0 bridgehead atoms. The standard InChI is InChI=1S/C22H20FN5O/c1-28-11-10-24-21(28)20-18(17-8-3-4-9-19(17)23)14-26-22(27-20)25-13-15-6-5-7-16(12-15)29-2/h3-12,14H,13H2,1-2H3,(H,25,26,27). The van der Waals surface area contributed by atoms with Crippen LogP contribution in [0.2, 0.25) is 0 Å². The van der Waals surface area contributed by atoms with E-state index in [0.717, 1.165) is 11.3 Å². The van der Waals surface area contributed by atoms with Gasteiger partial charge in [-0.2, -0.15) is 0 Å². The number of nitrogens with one attached hydrogen (secondary N) is 1. The van der Waals surface area contributed by atoms with E-state index in [1.54, 1.807) is 37.7 Å². The molecule has 0 amide bonds. The van der Waals surface area contributed by atoms with E-state index in [9.17, 15) is 4.39 Å². The van der Waals surface area contributed by atoms with E-state index in [-0.39, 0.29) is 5.82 Å². The summed E-state index contributed by atoms with van der Waals surface area (Å²) in [5.74, 6) is 1.53. The van der Waals surface area contributed by atoms with Crippen LogP contribution in [-0.2, 0) is 13.6 Å². The van der Waals surface area contributed by atoms with Gasteiger partial charge in [0.25, 0.3) is 0 Å². The van der Waals surface area contributed by atoms with Gasteiger partial charge in [0.05, 0.1) is 7.11 Å². The number of imidazole rings is 1. The van der Waals surface area contributed by atoms with Gasteiger partial charge in [-0.15, -0.1) is 0 Å². The third-order valence-corrected chi connectivity index (χ3v) is 4.57. The summed E-state index contributed by atoms with van der Waals surface area (Å²) in [5.41, 5.74) is 2.62. The average molecular weight is 389 g/mol. The highest BCUT2D eigenvalue weighted by atomic mass is 19.1. The molecule has 4 rings (SSSR count). The van der Waals surface area contributed by atoms with Crippen LogP contribution >= 0.6 is 0 Å². The van der Waals surface area contributed by atoms with E-state index >= 15 is 0 Å². The summed E-state index contributed by atoms with van der Waals surface area (Å²) in [4.78, 5) is 13.4. The van der Waals surface area contributed by atoms with E-state index in [2.05, 4.69) is 20.3 Å². The molecule has 6 nitrogen and oxygen atoms in total. The van der Waals surface area contributed by atoms with E-state index in [1.807, 2.05) is 42.1 Å². The zero-order chi connectivity index (χ0) is 20.2. The molecule has 0 unspecified atom stereocenters. The molecule has 0 aliphatic carbocycles. The van der Waals surface area contributed by atoms with Crippen LogP contribution in [0.4, 0.5) is 10.3 Å². The van der Waals surface area contributed by atoms with Crippen LogP contribution < -0.4 is 10.1 Å². The number of methoxy groups -OCH3 is 1. The number of aryl methyl sites for hydroxylation is 1. The molecule has 0 aliphatic heterocycles. The molecule has 7 heteroatoms. The second kappa shape index (κ2) is 8.10. The lowest BCUT2D eigenvalue weighted by Crippen LogP contribution is -2.07. The Bertz CT molecular complexity index is 1140. The van der Waals surface area contributed by atoms with Crippen molar-refractivity contribution in [2.75, 3.05) is 12.4 Å². The van der Waals surface area contributed by atoms with Crippen molar-refractivity contribution in [3.63, 3.8) is 0 Å². The van der Waals surface area contributed by atoms with Crippen molar-refractivity contribution in [2.24, 2.45) is 7.05 Å². The first kappa shape index (κ1) is 18.6. The quantitative estimate of drug-likeness (QED) is 0.533. The van der Waals surface area contributed by atoms with Crippen LogP contribution in [0.5, 0.6) is 5.75 Å². The summed E-state index contributed by atoms with van der Waals surface area (Å²) in [6, 6.07) is 14.3. The lowest BCUT2D eigenvalue weighted by molar-refractivity contribution is 0.414. The van der Waals surface area contributed by atoms with Crippen molar-refractivity contribution in [2.45, 2.75) is 6.54 Å². The predicted molar refractivity (Wildman–Crippen MR) is 110 cm³/mol. The van der Waals surface area contributed by atoms with Crippen LogP contribution in [0.25, 0.3) is 22.6 Å². The Morgan fingerprint density at radius 2 is 1.93 bits per heavy atom. The molecule has 2 aromatic heterocycles. The third kappa shape index (κ3) is 3.94. The molecular formula is C22H20FN5O. The van der Waals surface area contributed by atoms with Gasteiger partial charge >= 0.3 is 0 Å². The number of halogens is 1. The molecule has 0 fully saturated rings. The number of hydrogen-bond acceptors (Lipinski definition) is 5. The zero-order valence-corrected chi connectivity index (χ0v) is 16.1. The molecular weight excluding hydrogens is 369 g/mol. The molecule has 0 radical (unpaired) electrons. The van der Waals surface area contributed by atoms with Gasteiger partial charge in [0.2, 0.25) is 5.95 Å². The number of aromatic nitrogens is 4. The van der Waals surface area contributed by atoms with Gasteiger partial charge in [-0.05, 0) is 23.8 Å². The summed E-state index contributed by atoms with van der Waals surface area (Å²) in [6.07, 6.45) is 5.14. The molecule has 2 aromatic carbocycles. The maximum absolute atomic E-state index is 14.4. The largest absolute Gasteiger partial charge is 0.497 e. The van der Waals surface area contributed by atoms with Gasteiger partial charge in [-0.3, -0.25) is 0 Å². The number of hydrogen-bond donors (Lipinski definition) is 1. The molecule has 29 heavy (non-hydrogen) atoms. The monoisotopic (exact) mass is 389 g/mol. The van der Waals surface area contributed by atoms with Crippen molar-refractivity contribution >= 4 is 5.95 Å². The van der Waals surface area contributed by atoms with Gasteiger partial charge in [0.15, 0.2) is 5.82 Å². The Balaban J connectivity index is 1.70. The lowest BCUT2D eigenvalue weighted by Gasteiger charge is -2.12. The Morgan fingerprint density at radius 1 is 1.07 bits per heavy atom. The second-order valence-corrected chi connectivity index (χ2v) is 6.50. The topological polar surface area (TPSA) is 64.9 Å². The van der Waals surface area contributed by atoms with Gasteiger partial charge in [-0.25, -0.2) is 19.3 Å². The van der Waals surface area contributed by atoms with Gasteiger partial charge in [0.1, 0.15) is 17.3 Å². The highest BCUT2D eigenvalue weighted by Gasteiger charge is 2.17. The van der Waals surface area contributed by atoms with Crippen molar-refractivity contribution in [3.8, 4) is 28.4 Å². The first-order valence-corrected chi connectivity index (χ1v) is 9.12. The molecule has 2 heterocycles. The summed E-state index contributed by atoms with van der Waals surface area (Å²) in [5, 5.41) is 3.22. The number of anilines is 1. The summed E-state index contributed by atoms with van der Waals surface area (Å²) in [7, 11) is 3.51. The lowest BCUT2D eigenvalue weighted by atomic mass is 10.0. The van der Waals surface area contributed by atoms with Crippen molar-refractivity contribution in [1.82, 2.24) is 19.5 Å². The zero-order valence-electron chi connectivity index (χ0n) is 16.1. The SMILES string of the molecule is COc1cccc(CNc2ncc(-c3ccccc3F)c(-c3nccn3C)n2)c1. The average Bonchev–Trinajstić information content (AvgIpc) is 3.18. The minimum absolute atomic E-state index is 0.330. The van der Waals surface area contributed by atoms with Crippen molar-refractivity contribution in [3.05, 3.63) is 78.5 Å². The minimum Gasteiger partial charge on any atom is -0.497 e. The fourth-order valence-corrected chi connectivity index (χ4v) is 3.07. The fourth-order valence-electron chi connectivity index (χ4n) is 3.07. The van der Waals surface area contributed by atoms with E-state index in [1.165, 1.54) is 6.07 Å². The van der Waals surface area contributed by atoms with Crippen LogP contribution in [0, 0.1) is 5.82 Å². The Labute approximate surface area is 168 Å². The maximum Gasteiger partial charge on any atom is 0.223 e. The smallest absolute Gasteiger partial charge is 0.223 e. The van der Waals surface area contributed by atoms with Crippen molar-refractivity contribution in [1.29, 1.82) is 0 Å². The minimum atomic E-state index is -0.330. The number of rotatable bonds is 6. The van der Waals surface area contributed by atoms with Gasteiger partial charge < -0.3 is 14.6 Å². The normalized spacial score (nSPS) is 10.7. The first-order valence-electron chi connectivity index (χ1n) is 9.12. The summed E-state index contributed by atoms with van der Waals surface area (Å²) >= 11 is 0. The summed E-state index contributed by atoms with van der Waals surface area (Å²) < 4.78 is 21.5. The molecule has 0 saturated carbocycles. The Morgan fingerprint density at radius 3 is 2.69 bits per heavy atom. The number of benzene rings is 2. The molecule has 0 saturated heterocycles. The molecule has 4 aromatic rings. The number of nitrogens with zero attached hydrogens (tertiary/aromatic N) is 4. The first-order chi connectivity index (χ1) is 14.2. The van der Waals surface area contributed by atoms with E-state index in [4.69, 9.17) is 4.74 Å². The molecule has 1 N–H and O–H groups in total. The molecule has 0 aliphatic rings.